The van der Waals surface area contributed by atoms with Gasteiger partial charge in [-0.05, 0) is 24.7 Å². The Morgan fingerprint density at radius 3 is 2.75 bits per heavy atom. The lowest BCUT2D eigenvalue weighted by molar-refractivity contribution is -0.118. The lowest BCUT2D eigenvalue weighted by Gasteiger charge is -2.15. The summed E-state index contributed by atoms with van der Waals surface area (Å²) in [5.41, 5.74) is 6.10. The smallest absolute Gasteiger partial charge is 0.231 e. The maximum atomic E-state index is 10.7. The van der Waals surface area contributed by atoms with Crippen molar-refractivity contribution in [2.45, 2.75) is 6.54 Å². The molecule has 0 spiro atoms. The molecule has 0 aromatic heterocycles. The molecule has 0 saturated heterocycles. The second kappa shape index (κ2) is 5.72. The van der Waals surface area contributed by atoms with Crippen LogP contribution in [-0.4, -0.2) is 31.5 Å². The minimum absolute atomic E-state index is 0.226. The van der Waals surface area contributed by atoms with Gasteiger partial charge in [-0.3, -0.25) is 9.69 Å². The van der Waals surface area contributed by atoms with E-state index in [2.05, 4.69) is 0 Å². The first-order chi connectivity index (χ1) is 7.52. The van der Waals surface area contributed by atoms with Gasteiger partial charge in [0.1, 0.15) is 5.75 Å². The van der Waals surface area contributed by atoms with Gasteiger partial charge < -0.3 is 10.5 Å². The lowest BCUT2D eigenvalue weighted by Crippen LogP contribution is -2.30. The van der Waals surface area contributed by atoms with E-state index in [4.69, 9.17) is 22.1 Å². The van der Waals surface area contributed by atoms with Crippen molar-refractivity contribution in [3.8, 4) is 5.75 Å². The Morgan fingerprint density at radius 1 is 1.56 bits per heavy atom. The predicted molar refractivity (Wildman–Crippen MR) is 63.5 cm³/mol. The molecule has 1 amide bonds. The van der Waals surface area contributed by atoms with Gasteiger partial charge in [0.05, 0.1) is 18.7 Å². The third kappa shape index (κ3) is 3.72. The number of halogens is 1. The lowest BCUT2D eigenvalue weighted by atomic mass is 10.2. The zero-order valence-corrected chi connectivity index (χ0v) is 10.1. The highest BCUT2D eigenvalue weighted by Gasteiger charge is 2.06. The molecule has 0 atom stereocenters. The van der Waals surface area contributed by atoms with E-state index in [1.165, 1.54) is 0 Å². The number of carbonyl (C=O) groups is 1. The number of ether oxygens (including phenoxy) is 1. The van der Waals surface area contributed by atoms with Crippen LogP contribution in [-0.2, 0) is 11.3 Å². The summed E-state index contributed by atoms with van der Waals surface area (Å²) in [5, 5.41) is 0.562. The van der Waals surface area contributed by atoms with E-state index < -0.39 is 0 Å². The molecule has 5 heteroatoms. The van der Waals surface area contributed by atoms with E-state index in [0.717, 1.165) is 5.56 Å². The van der Waals surface area contributed by atoms with Crippen LogP contribution in [0.3, 0.4) is 0 Å². The number of likely N-dealkylation sites (N-methyl/N-ethyl adjacent to an activating group) is 1. The fraction of sp³-hybridized carbons (Fsp3) is 0.364. The first-order valence-corrected chi connectivity index (χ1v) is 5.20. The maximum Gasteiger partial charge on any atom is 0.231 e. The molecule has 4 nitrogen and oxygen atoms in total. The van der Waals surface area contributed by atoms with Gasteiger partial charge in [-0.2, -0.15) is 0 Å². The molecule has 0 heterocycles. The molecule has 1 rings (SSSR count). The van der Waals surface area contributed by atoms with Gasteiger partial charge in [-0.1, -0.05) is 17.7 Å². The SMILES string of the molecule is COc1ccc(CN(C)CC(N)=O)cc1Cl. The average molecular weight is 243 g/mol. The second-order valence-corrected chi connectivity index (χ2v) is 4.01. The highest BCUT2D eigenvalue weighted by Crippen LogP contribution is 2.25. The van der Waals surface area contributed by atoms with Crippen LogP contribution >= 0.6 is 11.6 Å². The summed E-state index contributed by atoms with van der Waals surface area (Å²) in [4.78, 5) is 12.5. The zero-order chi connectivity index (χ0) is 12.1. The summed E-state index contributed by atoms with van der Waals surface area (Å²) in [7, 11) is 3.39. The summed E-state index contributed by atoms with van der Waals surface area (Å²) in [6, 6.07) is 5.52. The van der Waals surface area contributed by atoms with E-state index in [0.29, 0.717) is 17.3 Å². The van der Waals surface area contributed by atoms with Crippen LogP contribution in [0.1, 0.15) is 5.56 Å². The quantitative estimate of drug-likeness (QED) is 0.846. The van der Waals surface area contributed by atoms with Gasteiger partial charge in [0, 0.05) is 6.54 Å². The summed E-state index contributed by atoms with van der Waals surface area (Å²) in [6.07, 6.45) is 0. The Bertz CT molecular complexity index is 382. The van der Waals surface area contributed by atoms with Crippen LogP contribution < -0.4 is 10.5 Å². The van der Waals surface area contributed by atoms with Crippen molar-refractivity contribution in [3.63, 3.8) is 0 Å². The van der Waals surface area contributed by atoms with Crippen molar-refractivity contribution in [1.82, 2.24) is 4.90 Å². The van der Waals surface area contributed by atoms with E-state index in [-0.39, 0.29) is 12.5 Å². The van der Waals surface area contributed by atoms with Gasteiger partial charge in [0.25, 0.3) is 0 Å². The summed E-state index contributed by atoms with van der Waals surface area (Å²) in [6.45, 7) is 0.844. The number of nitrogens with two attached hydrogens (primary N) is 1. The number of amides is 1. The van der Waals surface area contributed by atoms with Gasteiger partial charge >= 0.3 is 0 Å². The highest BCUT2D eigenvalue weighted by molar-refractivity contribution is 6.32. The predicted octanol–water partition coefficient (Wildman–Crippen LogP) is 1.27. The van der Waals surface area contributed by atoms with Crippen LogP contribution in [0.15, 0.2) is 18.2 Å². The summed E-state index contributed by atoms with van der Waals surface area (Å²) < 4.78 is 5.05. The highest BCUT2D eigenvalue weighted by atomic mass is 35.5. The topological polar surface area (TPSA) is 55.6 Å². The summed E-state index contributed by atoms with van der Waals surface area (Å²) >= 11 is 5.98. The van der Waals surface area contributed by atoms with E-state index in [1.54, 1.807) is 13.2 Å². The van der Waals surface area contributed by atoms with Crippen LogP contribution in [0.25, 0.3) is 0 Å². The molecule has 0 bridgehead atoms. The molecule has 16 heavy (non-hydrogen) atoms. The van der Waals surface area contributed by atoms with E-state index in [9.17, 15) is 4.79 Å². The molecule has 0 aliphatic rings. The molecular formula is C11H15ClN2O2. The molecule has 0 saturated carbocycles. The minimum atomic E-state index is -0.345. The monoisotopic (exact) mass is 242 g/mol. The Labute approximate surface area is 99.9 Å². The second-order valence-electron chi connectivity index (χ2n) is 3.61. The number of nitrogens with zero attached hydrogens (tertiary/aromatic N) is 1. The maximum absolute atomic E-state index is 10.7. The molecular weight excluding hydrogens is 228 g/mol. The van der Waals surface area contributed by atoms with Crippen molar-refractivity contribution in [2.75, 3.05) is 20.7 Å². The number of benzene rings is 1. The minimum Gasteiger partial charge on any atom is -0.495 e. The van der Waals surface area contributed by atoms with Gasteiger partial charge in [-0.15, -0.1) is 0 Å². The van der Waals surface area contributed by atoms with Gasteiger partial charge in [0.2, 0.25) is 5.91 Å². The first kappa shape index (κ1) is 12.8. The number of hydrogen-bond donors (Lipinski definition) is 1. The molecule has 0 unspecified atom stereocenters. The average Bonchev–Trinajstić information content (AvgIpc) is 2.16. The third-order valence-electron chi connectivity index (χ3n) is 2.09. The largest absolute Gasteiger partial charge is 0.495 e. The van der Waals surface area contributed by atoms with Crippen LogP contribution in [0.4, 0.5) is 0 Å². The van der Waals surface area contributed by atoms with Gasteiger partial charge in [0.15, 0.2) is 0 Å². The van der Waals surface area contributed by atoms with E-state index in [1.807, 2.05) is 24.1 Å². The van der Waals surface area contributed by atoms with E-state index >= 15 is 0 Å². The van der Waals surface area contributed by atoms with Crippen LogP contribution in [0.2, 0.25) is 5.02 Å². The molecule has 0 radical (unpaired) electrons. The molecule has 1 aromatic carbocycles. The molecule has 0 fully saturated rings. The van der Waals surface area contributed by atoms with Crippen molar-refractivity contribution >= 4 is 17.5 Å². The molecule has 2 N–H and O–H groups in total. The molecule has 1 aromatic rings. The zero-order valence-electron chi connectivity index (χ0n) is 9.37. The van der Waals surface area contributed by atoms with Crippen molar-refractivity contribution in [3.05, 3.63) is 28.8 Å². The number of rotatable bonds is 5. The number of methoxy groups -OCH3 is 1. The normalized spacial score (nSPS) is 10.5. The first-order valence-electron chi connectivity index (χ1n) is 4.82. The fourth-order valence-corrected chi connectivity index (χ4v) is 1.72. The standard InChI is InChI=1S/C11H15ClN2O2/c1-14(7-11(13)15)6-8-3-4-10(16-2)9(12)5-8/h3-5H,6-7H2,1-2H3,(H2,13,15). The van der Waals surface area contributed by atoms with Crippen molar-refractivity contribution in [1.29, 1.82) is 0 Å². The van der Waals surface area contributed by atoms with Gasteiger partial charge in [-0.25, -0.2) is 0 Å². The van der Waals surface area contributed by atoms with Crippen molar-refractivity contribution < 1.29 is 9.53 Å². The molecule has 0 aliphatic carbocycles. The third-order valence-corrected chi connectivity index (χ3v) is 2.39. The Hall–Kier alpha value is -1.26. The number of carbonyl (C=O) groups excluding carboxylic acids is 1. The molecule has 0 aliphatic heterocycles. The fourth-order valence-electron chi connectivity index (χ4n) is 1.44. The molecule has 88 valence electrons. The Morgan fingerprint density at radius 2 is 2.25 bits per heavy atom. The van der Waals surface area contributed by atoms with Crippen LogP contribution in [0.5, 0.6) is 5.75 Å². The van der Waals surface area contributed by atoms with Crippen molar-refractivity contribution in [2.24, 2.45) is 5.73 Å². The number of primary amides is 1. The Balaban J connectivity index is 2.67. The summed E-state index contributed by atoms with van der Waals surface area (Å²) in [5.74, 6) is 0.296. The van der Waals surface area contributed by atoms with Crippen LogP contribution in [0, 0.1) is 0 Å². The number of hydrogen-bond acceptors (Lipinski definition) is 3. The Kier molecular flexibility index (Phi) is 4.58.